The van der Waals surface area contributed by atoms with Gasteiger partial charge in [0.05, 0.1) is 15.5 Å². The van der Waals surface area contributed by atoms with Gasteiger partial charge in [-0.3, -0.25) is 9.69 Å². The van der Waals surface area contributed by atoms with Crippen LogP contribution < -0.4 is 5.14 Å². The highest BCUT2D eigenvalue weighted by Gasteiger charge is 2.30. The molecule has 0 bridgehead atoms. The van der Waals surface area contributed by atoms with E-state index in [0.717, 1.165) is 5.56 Å². The highest BCUT2D eigenvalue weighted by atomic mass is 32.2. The minimum atomic E-state index is -3.74. The number of amidine groups is 1. The summed E-state index contributed by atoms with van der Waals surface area (Å²) in [5.41, 5.74) is 1.47. The molecular formula is C17H15N3O3S2. The van der Waals surface area contributed by atoms with E-state index in [1.807, 2.05) is 36.4 Å². The number of aliphatic imine (C=N–C) groups is 1. The number of likely N-dealkylation sites (N-methyl/N-ethyl adjacent to an activating group) is 1. The van der Waals surface area contributed by atoms with Crippen LogP contribution in [0.4, 0.5) is 5.69 Å². The number of thioether (sulfide) groups is 1. The van der Waals surface area contributed by atoms with Crippen molar-refractivity contribution in [1.82, 2.24) is 4.90 Å². The van der Waals surface area contributed by atoms with Crippen LogP contribution >= 0.6 is 11.8 Å². The zero-order chi connectivity index (χ0) is 18.0. The molecule has 3 rings (SSSR count). The smallest absolute Gasteiger partial charge is 0.266 e. The number of hydrogen-bond donors (Lipinski definition) is 1. The molecule has 8 heteroatoms. The Balaban J connectivity index is 1.87. The van der Waals surface area contributed by atoms with Gasteiger partial charge in [0.15, 0.2) is 5.17 Å². The van der Waals surface area contributed by atoms with Gasteiger partial charge in [0, 0.05) is 7.05 Å². The van der Waals surface area contributed by atoms with Crippen LogP contribution in [0.25, 0.3) is 6.08 Å². The van der Waals surface area contributed by atoms with Gasteiger partial charge in [-0.2, -0.15) is 0 Å². The fourth-order valence-corrected chi connectivity index (χ4v) is 3.68. The zero-order valence-electron chi connectivity index (χ0n) is 13.3. The van der Waals surface area contributed by atoms with Gasteiger partial charge in [0.1, 0.15) is 0 Å². The first-order chi connectivity index (χ1) is 11.8. The van der Waals surface area contributed by atoms with Crippen molar-refractivity contribution in [3.63, 3.8) is 0 Å². The van der Waals surface area contributed by atoms with Gasteiger partial charge in [-0.1, -0.05) is 30.3 Å². The molecule has 0 atom stereocenters. The summed E-state index contributed by atoms with van der Waals surface area (Å²) in [5, 5.41) is 5.60. The third kappa shape index (κ3) is 3.98. The lowest BCUT2D eigenvalue weighted by atomic mass is 10.2. The van der Waals surface area contributed by atoms with Crippen molar-refractivity contribution >= 4 is 44.6 Å². The lowest BCUT2D eigenvalue weighted by Gasteiger charge is -2.07. The SMILES string of the molecule is CN1C(=O)/C(=C\c2ccccc2)SC1=Nc1ccc(S(N)(=O)=O)cc1. The number of hydrogen-bond acceptors (Lipinski definition) is 5. The Hall–Kier alpha value is -2.42. The molecule has 0 aliphatic carbocycles. The molecule has 1 heterocycles. The van der Waals surface area contributed by atoms with E-state index in [4.69, 9.17) is 5.14 Å². The first-order valence-electron chi connectivity index (χ1n) is 7.29. The molecule has 6 nitrogen and oxygen atoms in total. The lowest BCUT2D eigenvalue weighted by molar-refractivity contribution is -0.121. The molecule has 0 radical (unpaired) electrons. The average molecular weight is 373 g/mol. The highest BCUT2D eigenvalue weighted by Crippen LogP contribution is 2.33. The second-order valence-electron chi connectivity index (χ2n) is 5.32. The third-order valence-corrected chi connectivity index (χ3v) is 5.48. The summed E-state index contributed by atoms with van der Waals surface area (Å²) in [6.07, 6.45) is 1.82. The number of rotatable bonds is 3. The number of amides is 1. The molecule has 1 aliphatic rings. The lowest BCUT2D eigenvalue weighted by Crippen LogP contribution is -2.23. The first-order valence-corrected chi connectivity index (χ1v) is 9.65. The van der Waals surface area contributed by atoms with Gasteiger partial charge in [-0.05, 0) is 47.7 Å². The predicted molar refractivity (Wildman–Crippen MR) is 99.7 cm³/mol. The van der Waals surface area contributed by atoms with Gasteiger partial charge < -0.3 is 0 Å². The van der Waals surface area contributed by atoms with E-state index in [2.05, 4.69) is 4.99 Å². The standard InChI is InChI=1S/C17H15N3O3S2/c1-20-16(21)15(11-12-5-3-2-4-6-12)24-17(20)19-13-7-9-14(10-8-13)25(18,22)23/h2-11H,1H3,(H2,18,22,23)/b15-11+,19-17?. The Kier molecular flexibility index (Phi) is 4.76. The molecule has 2 aromatic rings. The van der Waals surface area contributed by atoms with Gasteiger partial charge in [0.2, 0.25) is 10.0 Å². The molecule has 1 fully saturated rings. The summed E-state index contributed by atoms with van der Waals surface area (Å²) >= 11 is 1.27. The van der Waals surface area contributed by atoms with Crippen LogP contribution in [0, 0.1) is 0 Å². The second-order valence-corrected chi connectivity index (χ2v) is 7.89. The normalized spacial score (nSPS) is 18.3. The molecule has 2 N–H and O–H groups in total. The molecule has 0 spiro atoms. The Morgan fingerprint density at radius 1 is 1.08 bits per heavy atom. The third-order valence-electron chi connectivity index (χ3n) is 3.49. The van der Waals surface area contributed by atoms with Gasteiger partial charge in [-0.15, -0.1) is 0 Å². The van der Waals surface area contributed by atoms with Crippen LogP contribution in [0.3, 0.4) is 0 Å². The van der Waals surface area contributed by atoms with Gasteiger partial charge >= 0.3 is 0 Å². The summed E-state index contributed by atoms with van der Waals surface area (Å²) in [4.78, 5) is 18.8. The summed E-state index contributed by atoms with van der Waals surface area (Å²) in [5.74, 6) is -0.131. The van der Waals surface area contributed by atoms with Crippen LogP contribution in [-0.2, 0) is 14.8 Å². The van der Waals surface area contributed by atoms with Crippen molar-refractivity contribution in [3.8, 4) is 0 Å². The maximum atomic E-state index is 12.4. The largest absolute Gasteiger partial charge is 0.290 e. The van der Waals surface area contributed by atoms with E-state index in [-0.39, 0.29) is 10.8 Å². The van der Waals surface area contributed by atoms with Crippen molar-refractivity contribution in [1.29, 1.82) is 0 Å². The van der Waals surface area contributed by atoms with Crippen LogP contribution in [0.1, 0.15) is 5.56 Å². The summed E-state index contributed by atoms with van der Waals surface area (Å²) in [6.45, 7) is 0. The zero-order valence-corrected chi connectivity index (χ0v) is 14.9. The van der Waals surface area contributed by atoms with E-state index in [0.29, 0.717) is 15.8 Å². The first kappa shape index (κ1) is 17.4. The quantitative estimate of drug-likeness (QED) is 0.837. The molecule has 128 valence electrons. The van der Waals surface area contributed by atoms with Crippen LogP contribution in [0.2, 0.25) is 0 Å². The fraction of sp³-hybridized carbons (Fsp3) is 0.0588. The second kappa shape index (κ2) is 6.83. The maximum absolute atomic E-state index is 12.4. The van der Waals surface area contributed by atoms with E-state index >= 15 is 0 Å². The number of sulfonamides is 1. The van der Waals surface area contributed by atoms with Crippen LogP contribution in [-0.4, -0.2) is 31.4 Å². The summed E-state index contributed by atoms with van der Waals surface area (Å²) < 4.78 is 22.6. The highest BCUT2D eigenvalue weighted by molar-refractivity contribution is 8.18. The van der Waals surface area contributed by atoms with Crippen LogP contribution in [0.15, 0.2) is 69.4 Å². The van der Waals surface area contributed by atoms with Crippen molar-refractivity contribution in [3.05, 3.63) is 65.1 Å². The Labute approximate surface area is 150 Å². The summed E-state index contributed by atoms with van der Waals surface area (Å²) in [6, 6.07) is 15.4. The minimum absolute atomic E-state index is 0.0182. The van der Waals surface area contributed by atoms with E-state index < -0.39 is 10.0 Å². The Morgan fingerprint density at radius 3 is 2.32 bits per heavy atom. The number of carbonyl (C=O) groups is 1. The fourth-order valence-electron chi connectivity index (χ4n) is 2.17. The Bertz CT molecular complexity index is 966. The van der Waals surface area contributed by atoms with E-state index in [9.17, 15) is 13.2 Å². The minimum Gasteiger partial charge on any atom is -0.290 e. The average Bonchev–Trinajstić information content (AvgIpc) is 2.84. The molecule has 0 aromatic heterocycles. The number of nitrogens with zero attached hydrogens (tertiary/aromatic N) is 2. The monoisotopic (exact) mass is 373 g/mol. The number of nitrogens with two attached hydrogens (primary N) is 1. The maximum Gasteiger partial charge on any atom is 0.266 e. The van der Waals surface area contributed by atoms with Crippen molar-refractivity contribution in [2.75, 3.05) is 7.05 Å². The summed E-state index contributed by atoms with van der Waals surface area (Å²) in [7, 11) is -2.09. The molecule has 0 saturated carbocycles. The van der Waals surface area contributed by atoms with E-state index in [1.54, 1.807) is 19.2 Å². The van der Waals surface area contributed by atoms with Gasteiger partial charge in [0.25, 0.3) is 5.91 Å². The molecule has 1 aliphatic heterocycles. The number of benzene rings is 2. The number of carbonyl (C=O) groups excluding carboxylic acids is 1. The van der Waals surface area contributed by atoms with Crippen molar-refractivity contribution in [2.24, 2.45) is 10.1 Å². The van der Waals surface area contributed by atoms with Gasteiger partial charge in [-0.25, -0.2) is 18.5 Å². The Morgan fingerprint density at radius 2 is 1.72 bits per heavy atom. The van der Waals surface area contributed by atoms with E-state index in [1.165, 1.54) is 28.8 Å². The predicted octanol–water partition coefficient (Wildman–Crippen LogP) is 2.57. The molecule has 0 unspecified atom stereocenters. The molecule has 25 heavy (non-hydrogen) atoms. The number of primary sulfonamides is 1. The molecule has 1 saturated heterocycles. The molecule has 1 amide bonds. The van der Waals surface area contributed by atoms with Crippen molar-refractivity contribution < 1.29 is 13.2 Å². The van der Waals surface area contributed by atoms with Crippen molar-refractivity contribution in [2.45, 2.75) is 4.90 Å². The molecule has 2 aromatic carbocycles. The molecular weight excluding hydrogens is 358 g/mol. The van der Waals surface area contributed by atoms with Crippen LogP contribution in [0.5, 0.6) is 0 Å². The topological polar surface area (TPSA) is 92.8 Å².